The van der Waals surface area contributed by atoms with Gasteiger partial charge in [-0.05, 0) is 45.2 Å². The molecule has 1 fully saturated rings. The summed E-state index contributed by atoms with van der Waals surface area (Å²) in [6, 6.07) is 10.5. The first-order valence-corrected chi connectivity index (χ1v) is 7.63. The molecular formula is C17H26N2O. The lowest BCUT2D eigenvalue weighted by Gasteiger charge is -2.36. The van der Waals surface area contributed by atoms with Gasteiger partial charge in [0.1, 0.15) is 0 Å². The number of nitrogens with one attached hydrogen (secondary N) is 1. The first kappa shape index (κ1) is 15.0. The van der Waals surface area contributed by atoms with Crippen molar-refractivity contribution in [2.24, 2.45) is 0 Å². The van der Waals surface area contributed by atoms with Gasteiger partial charge < -0.3 is 10.2 Å². The van der Waals surface area contributed by atoms with E-state index in [2.05, 4.69) is 55.3 Å². The third-order valence-corrected chi connectivity index (χ3v) is 4.26. The van der Waals surface area contributed by atoms with Crippen LogP contribution in [0.15, 0.2) is 30.3 Å². The van der Waals surface area contributed by atoms with Crippen molar-refractivity contribution in [1.82, 2.24) is 10.2 Å². The van der Waals surface area contributed by atoms with Crippen LogP contribution in [0.25, 0.3) is 0 Å². The number of amides is 1. The Morgan fingerprint density at radius 2 is 2.00 bits per heavy atom. The predicted octanol–water partition coefficient (Wildman–Crippen LogP) is 2.61. The molecule has 0 saturated carbocycles. The fourth-order valence-electron chi connectivity index (χ4n) is 2.95. The van der Waals surface area contributed by atoms with Crippen molar-refractivity contribution in [2.45, 2.75) is 51.6 Å². The molecule has 0 spiro atoms. The number of nitrogens with zero attached hydrogens (tertiary/aromatic N) is 1. The zero-order valence-corrected chi connectivity index (χ0v) is 12.9. The van der Waals surface area contributed by atoms with Crippen molar-refractivity contribution < 1.29 is 4.79 Å². The summed E-state index contributed by atoms with van der Waals surface area (Å²) >= 11 is 0. The third-order valence-electron chi connectivity index (χ3n) is 4.26. The number of hydrogen-bond donors (Lipinski definition) is 1. The fourth-order valence-corrected chi connectivity index (χ4v) is 2.95. The first-order valence-electron chi connectivity index (χ1n) is 7.63. The quantitative estimate of drug-likeness (QED) is 0.865. The molecule has 1 atom stereocenters. The Morgan fingerprint density at radius 1 is 1.30 bits per heavy atom. The van der Waals surface area contributed by atoms with Crippen LogP contribution in [0.4, 0.5) is 0 Å². The topological polar surface area (TPSA) is 32.3 Å². The maximum atomic E-state index is 12.4. The maximum Gasteiger partial charge on any atom is 0.240 e. The predicted molar refractivity (Wildman–Crippen MR) is 82.6 cm³/mol. The van der Waals surface area contributed by atoms with Gasteiger partial charge in [-0.1, -0.05) is 37.3 Å². The molecule has 3 heteroatoms. The molecule has 3 nitrogen and oxygen atoms in total. The fraction of sp³-hybridized carbons (Fsp3) is 0.588. The molecule has 1 aliphatic rings. The van der Waals surface area contributed by atoms with Crippen LogP contribution in [0.2, 0.25) is 0 Å². The minimum absolute atomic E-state index is 0.0241. The minimum Gasteiger partial charge on any atom is -0.336 e. The normalized spacial score (nSPS) is 19.6. The summed E-state index contributed by atoms with van der Waals surface area (Å²) < 4.78 is 0. The molecule has 1 aliphatic heterocycles. The van der Waals surface area contributed by atoms with Gasteiger partial charge >= 0.3 is 0 Å². The van der Waals surface area contributed by atoms with Crippen molar-refractivity contribution in [3.05, 3.63) is 35.9 Å². The lowest BCUT2D eigenvalue weighted by molar-refractivity contribution is -0.134. The summed E-state index contributed by atoms with van der Waals surface area (Å²) in [4.78, 5) is 14.5. The first-order chi connectivity index (χ1) is 9.54. The van der Waals surface area contributed by atoms with E-state index in [-0.39, 0.29) is 17.5 Å². The van der Waals surface area contributed by atoms with E-state index in [1.807, 2.05) is 6.07 Å². The molecular weight excluding hydrogens is 248 g/mol. The van der Waals surface area contributed by atoms with Gasteiger partial charge in [-0.15, -0.1) is 0 Å². The highest BCUT2D eigenvalue weighted by Gasteiger charge is 2.39. The molecule has 1 unspecified atom stereocenters. The number of benzene rings is 1. The third kappa shape index (κ3) is 3.40. The standard InChI is InChI=1S/C17H26N2O/c1-4-18-15-11-13-19(16(15)20)17(2,3)12-10-14-8-6-5-7-9-14/h5-9,15,18H,4,10-13H2,1-3H3. The Bertz CT molecular complexity index is 442. The Hall–Kier alpha value is -1.35. The van der Waals surface area contributed by atoms with Crippen molar-refractivity contribution in [1.29, 1.82) is 0 Å². The number of rotatable bonds is 6. The monoisotopic (exact) mass is 274 g/mol. The Morgan fingerprint density at radius 3 is 2.65 bits per heavy atom. The summed E-state index contributed by atoms with van der Waals surface area (Å²) in [5, 5.41) is 3.28. The highest BCUT2D eigenvalue weighted by Crippen LogP contribution is 2.26. The van der Waals surface area contributed by atoms with E-state index in [4.69, 9.17) is 0 Å². The van der Waals surface area contributed by atoms with Gasteiger partial charge in [0.2, 0.25) is 5.91 Å². The van der Waals surface area contributed by atoms with Crippen LogP contribution in [0.5, 0.6) is 0 Å². The maximum absolute atomic E-state index is 12.4. The summed E-state index contributed by atoms with van der Waals surface area (Å²) in [5.41, 5.74) is 1.27. The van der Waals surface area contributed by atoms with Crippen molar-refractivity contribution in [3.63, 3.8) is 0 Å². The average molecular weight is 274 g/mol. The largest absolute Gasteiger partial charge is 0.336 e. The molecule has 0 aliphatic carbocycles. The highest BCUT2D eigenvalue weighted by molar-refractivity contribution is 5.84. The van der Waals surface area contributed by atoms with Crippen LogP contribution < -0.4 is 5.32 Å². The second-order valence-corrected chi connectivity index (χ2v) is 6.19. The van der Waals surface area contributed by atoms with Gasteiger partial charge in [-0.25, -0.2) is 0 Å². The Labute approximate surface area is 122 Å². The number of hydrogen-bond acceptors (Lipinski definition) is 2. The molecule has 1 heterocycles. The average Bonchev–Trinajstić information content (AvgIpc) is 2.81. The summed E-state index contributed by atoms with van der Waals surface area (Å²) in [5.74, 6) is 0.268. The smallest absolute Gasteiger partial charge is 0.240 e. The number of aryl methyl sites for hydroxylation is 1. The zero-order chi connectivity index (χ0) is 14.6. The number of carbonyl (C=O) groups excluding carboxylic acids is 1. The molecule has 2 rings (SSSR count). The molecule has 20 heavy (non-hydrogen) atoms. The Kier molecular flexibility index (Phi) is 4.81. The second-order valence-electron chi connectivity index (χ2n) is 6.19. The van der Waals surface area contributed by atoms with E-state index in [9.17, 15) is 4.79 Å². The van der Waals surface area contributed by atoms with Crippen LogP contribution in [-0.4, -0.2) is 35.5 Å². The van der Waals surface area contributed by atoms with E-state index >= 15 is 0 Å². The number of carbonyl (C=O) groups is 1. The SMILES string of the molecule is CCNC1CCN(C(C)(C)CCc2ccccc2)C1=O. The molecule has 1 saturated heterocycles. The van der Waals surface area contributed by atoms with Crippen molar-refractivity contribution in [2.75, 3.05) is 13.1 Å². The van der Waals surface area contributed by atoms with Crippen LogP contribution in [-0.2, 0) is 11.2 Å². The van der Waals surface area contributed by atoms with E-state index in [0.29, 0.717) is 0 Å². The van der Waals surface area contributed by atoms with Crippen molar-refractivity contribution in [3.8, 4) is 0 Å². The van der Waals surface area contributed by atoms with Crippen LogP contribution >= 0.6 is 0 Å². The highest BCUT2D eigenvalue weighted by atomic mass is 16.2. The molecule has 1 amide bonds. The van der Waals surface area contributed by atoms with E-state index in [1.54, 1.807) is 0 Å². The summed E-state index contributed by atoms with van der Waals surface area (Å²) in [7, 11) is 0. The molecule has 0 radical (unpaired) electrons. The molecule has 0 bridgehead atoms. The number of likely N-dealkylation sites (N-methyl/N-ethyl adjacent to an activating group) is 1. The van der Waals surface area contributed by atoms with Crippen LogP contribution in [0.1, 0.15) is 39.2 Å². The summed E-state index contributed by atoms with van der Waals surface area (Å²) in [6.07, 6.45) is 2.95. The van der Waals surface area contributed by atoms with Gasteiger partial charge in [0, 0.05) is 12.1 Å². The zero-order valence-electron chi connectivity index (χ0n) is 12.9. The van der Waals surface area contributed by atoms with E-state index in [1.165, 1.54) is 5.56 Å². The van der Waals surface area contributed by atoms with E-state index in [0.717, 1.165) is 32.4 Å². The van der Waals surface area contributed by atoms with Gasteiger partial charge in [0.05, 0.1) is 6.04 Å². The molecule has 0 aromatic heterocycles. The minimum atomic E-state index is -0.0723. The number of likely N-dealkylation sites (tertiary alicyclic amines) is 1. The van der Waals surface area contributed by atoms with Gasteiger partial charge in [0.15, 0.2) is 0 Å². The van der Waals surface area contributed by atoms with Crippen LogP contribution in [0.3, 0.4) is 0 Å². The van der Waals surface area contributed by atoms with Gasteiger partial charge in [-0.3, -0.25) is 4.79 Å². The Balaban J connectivity index is 1.95. The molecule has 1 aromatic carbocycles. The molecule has 1 aromatic rings. The van der Waals surface area contributed by atoms with E-state index < -0.39 is 0 Å². The van der Waals surface area contributed by atoms with Gasteiger partial charge in [-0.2, -0.15) is 0 Å². The summed E-state index contributed by atoms with van der Waals surface area (Å²) in [6.45, 7) is 8.15. The van der Waals surface area contributed by atoms with Crippen molar-refractivity contribution >= 4 is 5.91 Å². The lowest BCUT2D eigenvalue weighted by atomic mass is 9.93. The molecule has 1 N–H and O–H groups in total. The second kappa shape index (κ2) is 6.40. The molecule has 110 valence electrons. The van der Waals surface area contributed by atoms with Gasteiger partial charge in [0.25, 0.3) is 0 Å². The lowest BCUT2D eigenvalue weighted by Crippen LogP contribution is -2.48. The van der Waals surface area contributed by atoms with Crippen LogP contribution in [0, 0.1) is 0 Å².